The SMILES string of the molecule is C[C@H]1CN(CCCc2ccc3c(c2)CCO3)CCN1CCO. The number of aryl methyl sites for hydroxylation is 1. The van der Waals surface area contributed by atoms with Crippen LogP contribution in [0, 0.1) is 0 Å². The van der Waals surface area contributed by atoms with E-state index in [1.54, 1.807) is 0 Å². The topological polar surface area (TPSA) is 35.9 Å². The molecule has 1 N–H and O–H groups in total. The number of rotatable bonds is 6. The molecule has 4 nitrogen and oxygen atoms in total. The summed E-state index contributed by atoms with van der Waals surface area (Å²) in [6, 6.07) is 7.22. The van der Waals surface area contributed by atoms with E-state index >= 15 is 0 Å². The first-order valence-electron chi connectivity index (χ1n) is 8.58. The Bertz CT molecular complexity index is 492. The molecule has 1 saturated heterocycles. The Morgan fingerprint density at radius 2 is 2.18 bits per heavy atom. The highest BCUT2D eigenvalue weighted by Gasteiger charge is 2.22. The van der Waals surface area contributed by atoms with Gasteiger partial charge >= 0.3 is 0 Å². The molecular weight excluding hydrogens is 276 g/mol. The summed E-state index contributed by atoms with van der Waals surface area (Å²) in [7, 11) is 0. The number of piperazine rings is 1. The molecule has 1 aromatic carbocycles. The first-order valence-corrected chi connectivity index (χ1v) is 8.58. The third-order valence-electron chi connectivity index (χ3n) is 4.93. The molecule has 4 heteroatoms. The molecule has 1 fully saturated rings. The summed E-state index contributed by atoms with van der Waals surface area (Å²) in [6.07, 6.45) is 3.43. The van der Waals surface area contributed by atoms with Gasteiger partial charge in [-0.15, -0.1) is 0 Å². The van der Waals surface area contributed by atoms with Gasteiger partial charge in [0.25, 0.3) is 0 Å². The minimum atomic E-state index is 0.270. The molecule has 22 heavy (non-hydrogen) atoms. The molecule has 1 atom stereocenters. The van der Waals surface area contributed by atoms with E-state index in [9.17, 15) is 0 Å². The Kier molecular flexibility index (Phi) is 5.34. The lowest BCUT2D eigenvalue weighted by molar-refractivity contribution is 0.0681. The zero-order valence-corrected chi connectivity index (χ0v) is 13.6. The first-order chi connectivity index (χ1) is 10.8. The van der Waals surface area contributed by atoms with Crippen molar-refractivity contribution in [2.45, 2.75) is 32.2 Å². The van der Waals surface area contributed by atoms with Crippen molar-refractivity contribution < 1.29 is 9.84 Å². The third kappa shape index (κ3) is 3.80. The highest BCUT2D eigenvalue weighted by molar-refractivity contribution is 5.39. The number of fused-ring (bicyclic) bond motifs is 1. The maximum Gasteiger partial charge on any atom is 0.122 e. The van der Waals surface area contributed by atoms with Crippen LogP contribution in [0.15, 0.2) is 18.2 Å². The average molecular weight is 304 g/mol. The second kappa shape index (κ2) is 7.44. The van der Waals surface area contributed by atoms with Crippen molar-refractivity contribution in [2.24, 2.45) is 0 Å². The molecule has 0 radical (unpaired) electrons. The number of hydrogen-bond donors (Lipinski definition) is 1. The van der Waals surface area contributed by atoms with Gasteiger partial charge in [0, 0.05) is 38.6 Å². The van der Waals surface area contributed by atoms with Crippen LogP contribution in [0.25, 0.3) is 0 Å². The van der Waals surface area contributed by atoms with E-state index in [0.29, 0.717) is 6.04 Å². The van der Waals surface area contributed by atoms with Gasteiger partial charge in [0.15, 0.2) is 0 Å². The fourth-order valence-electron chi connectivity index (χ4n) is 3.64. The minimum Gasteiger partial charge on any atom is -0.493 e. The molecule has 0 spiro atoms. The Hall–Kier alpha value is -1.10. The largest absolute Gasteiger partial charge is 0.493 e. The van der Waals surface area contributed by atoms with Gasteiger partial charge in [-0.3, -0.25) is 4.90 Å². The van der Waals surface area contributed by atoms with E-state index in [0.717, 1.165) is 51.4 Å². The van der Waals surface area contributed by atoms with Gasteiger partial charge in [0.1, 0.15) is 5.75 Å². The summed E-state index contributed by atoms with van der Waals surface area (Å²) in [5.74, 6) is 1.08. The van der Waals surface area contributed by atoms with Crippen molar-refractivity contribution in [1.82, 2.24) is 9.80 Å². The summed E-state index contributed by atoms with van der Waals surface area (Å²) >= 11 is 0. The summed E-state index contributed by atoms with van der Waals surface area (Å²) in [5.41, 5.74) is 2.82. The normalized spacial score (nSPS) is 22.5. The molecule has 2 aliphatic rings. The lowest BCUT2D eigenvalue weighted by Gasteiger charge is -2.39. The highest BCUT2D eigenvalue weighted by atomic mass is 16.5. The van der Waals surface area contributed by atoms with E-state index < -0.39 is 0 Å². The standard InChI is InChI=1S/C18H28N2O2/c1-15-14-19(8-9-20(15)10-11-21)7-2-3-16-4-5-18-17(13-16)6-12-22-18/h4-5,13,15,21H,2-3,6-12,14H2,1H3/t15-/m0/s1. The van der Waals surface area contributed by atoms with Crippen LogP contribution in [0.2, 0.25) is 0 Å². The van der Waals surface area contributed by atoms with E-state index in [-0.39, 0.29) is 6.61 Å². The summed E-state index contributed by atoms with van der Waals surface area (Å²) < 4.78 is 5.56. The number of hydrogen-bond acceptors (Lipinski definition) is 4. The van der Waals surface area contributed by atoms with Gasteiger partial charge in [-0.25, -0.2) is 0 Å². The molecule has 0 saturated carbocycles. The second-order valence-corrected chi connectivity index (χ2v) is 6.55. The zero-order chi connectivity index (χ0) is 15.4. The quantitative estimate of drug-likeness (QED) is 0.865. The van der Waals surface area contributed by atoms with Gasteiger partial charge in [-0.1, -0.05) is 12.1 Å². The van der Waals surface area contributed by atoms with Gasteiger partial charge in [-0.2, -0.15) is 0 Å². The number of nitrogens with zero attached hydrogens (tertiary/aromatic N) is 2. The number of aliphatic hydroxyl groups excluding tert-OH is 1. The number of ether oxygens (including phenoxy) is 1. The maximum absolute atomic E-state index is 9.07. The zero-order valence-electron chi connectivity index (χ0n) is 13.6. The molecule has 2 aliphatic heterocycles. The van der Waals surface area contributed by atoms with Gasteiger partial charge in [0.2, 0.25) is 0 Å². The van der Waals surface area contributed by atoms with Crippen LogP contribution >= 0.6 is 0 Å². The van der Waals surface area contributed by atoms with Crippen LogP contribution in [0.3, 0.4) is 0 Å². The molecule has 1 aromatic rings. The predicted molar refractivity (Wildman–Crippen MR) is 88.5 cm³/mol. The number of β-amino-alcohol motifs (C(OH)–C–C–N with tert-alkyl or cyclic N) is 1. The van der Waals surface area contributed by atoms with Crippen LogP contribution in [-0.4, -0.2) is 66.9 Å². The van der Waals surface area contributed by atoms with E-state index in [1.165, 1.54) is 24.1 Å². The van der Waals surface area contributed by atoms with Crippen LogP contribution in [0.1, 0.15) is 24.5 Å². The van der Waals surface area contributed by atoms with Crippen molar-refractivity contribution in [1.29, 1.82) is 0 Å². The summed E-state index contributed by atoms with van der Waals surface area (Å²) in [6.45, 7) is 8.69. The summed E-state index contributed by atoms with van der Waals surface area (Å²) in [4.78, 5) is 4.95. The fourth-order valence-corrected chi connectivity index (χ4v) is 3.64. The highest BCUT2D eigenvalue weighted by Crippen LogP contribution is 2.26. The van der Waals surface area contributed by atoms with Crippen molar-refractivity contribution >= 4 is 0 Å². The number of aliphatic hydroxyl groups is 1. The lowest BCUT2D eigenvalue weighted by Crippen LogP contribution is -2.52. The lowest BCUT2D eigenvalue weighted by atomic mass is 10.0. The van der Waals surface area contributed by atoms with Crippen LogP contribution in [0.4, 0.5) is 0 Å². The smallest absolute Gasteiger partial charge is 0.122 e. The Morgan fingerprint density at radius 3 is 3.00 bits per heavy atom. The van der Waals surface area contributed by atoms with Crippen molar-refractivity contribution in [2.75, 3.05) is 45.9 Å². The van der Waals surface area contributed by atoms with Crippen LogP contribution in [0.5, 0.6) is 5.75 Å². The fraction of sp³-hybridized carbons (Fsp3) is 0.667. The molecule has 0 unspecified atom stereocenters. The molecule has 0 amide bonds. The van der Waals surface area contributed by atoms with Crippen molar-refractivity contribution in [3.8, 4) is 5.75 Å². The molecule has 0 aromatic heterocycles. The maximum atomic E-state index is 9.07. The molecule has 0 aliphatic carbocycles. The Labute approximate surface area is 133 Å². The monoisotopic (exact) mass is 304 g/mol. The molecule has 0 bridgehead atoms. The van der Waals surface area contributed by atoms with E-state index in [4.69, 9.17) is 9.84 Å². The number of benzene rings is 1. The van der Waals surface area contributed by atoms with Crippen molar-refractivity contribution in [3.63, 3.8) is 0 Å². The third-order valence-corrected chi connectivity index (χ3v) is 4.93. The molecule has 122 valence electrons. The molecular formula is C18H28N2O2. The Morgan fingerprint density at radius 1 is 1.27 bits per heavy atom. The average Bonchev–Trinajstić information content (AvgIpc) is 2.98. The minimum absolute atomic E-state index is 0.270. The second-order valence-electron chi connectivity index (χ2n) is 6.55. The Balaban J connectivity index is 1.42. The van der Waals surface area contributed by atoms with Crippen molar-refractivity contribution in [3.05, 3.63) is 29.3 Å². The van der Waals surface area contributed by atoms with Gasteiger partial charge in [-0.05, 0) is 43.5 Å². The van der Waals surface area contributed by atoms with E-state index in [2.05, 4.69) is 34.9 Å². The first kappa shape index (κ1) is 15.8. The molecule has 3 rings (SSSR count). The van der Waals surface area contributed by atoms with Crippen LogP contribution in [-0.2, 0) is 12.8 Å². The van der Waals surface area contributed by atoms with Crippen LogP contribution < -0.4 is 4.74 Å². The van der Waals surface area contributed by atoms with Gasteiger partial charge < -0.3 is 14.7 Å². The van der Waals surface area contributed by atoms with E-state index in [1.807, 2.05) is 0 Å². The molecule has 2 heterocycles. The van der Waals surface area contributed by atoms with Gasteiger partial charge in [0.05, 0.1) is 13.2 Å². The summed E-state index contributed by atoms with van der Waals surface area (Å²) in [5, 5.41) is 9.07. The predicted octanol–water partition coefficient (Wildman–Crippen LogP) is 1.55.